The van der Waals surface area contributed by atoms with E-state index in [-0.39, 0.29) is 0 Å². The van der Waals surface area contributed by atoms with Crippen LogP contribution in [0.15, 0.2) is 30.6 Å². The van der Waals surface area contributed by atoms with Crippen LogP contribution in [-0.2, 0) is 19.9 Å². The molecule has 0 bridgehead atoms. The highest BCUT2D eigenvalue weighted by Gasteiger charge is 2.10. The Hall–Kier alpha value is -1.88. The lowest BCUT2D eigenvalue weighted by Gasteiger charge is -2.10. The average Bonchev–Trinajstić information content (AvgIpc) is 2.76. The van der Waals surface area contributed by atoms with Crippen molar-refractivity contribution in [3.63, 3.8) is 0 Å². The van der Waals surface area contributed by atoms with E-state index < -0.39 is 6.10 Å². The number of ether oxygens (including phenoxy) is 1. The molecule has 0 aliphatic rings. The molecule has 2 aromatic rings. The highest BCUT2D eigenvalue weighted by atomic mass is 16.5. The topological polar surface area (TPSA) is 60.2 Å². The second-order valence-corrected chi connectivity index (χ2v) is 4.21. The van der Waals surface area contributed by atoms with Gasteiger partial charge < -0.3 is 9.84 Å². The van der Waals surface area contributed by atoms with Crippen LogP contribution in [0.4, 0.5) is 0 Å². The Morgan fingerprint density at radius 2 is 2.00 bits per heavy atom. The van der Waals surface area contributed by atoms with E-state index in [1.807, 2.05) is 31.3 Å². The molecular formula is C13H17N3O2. The predicted octanol–water partition coefficient (Wildman–Crippen LogP) is 0.970. The summed E-state index contributed by atoms with van der Waals surface area (Å²) in [5.41, 5.74) is 1.07. The van der Waals surface area contributed by atoms with E-state index in [1.165, 1.54) is 6.33 Å². The summed E-state index contributed by atoms with van der Waals surface area (Å²) in [6.07, 6.45) is 2.13. The zero-order chi connectivity index (χ0) is 13.0. The number of aryl methyl sites for hydroxylation is 1. The fourth-order valence-electron chi connectivity index (χ4n) is 1.82. The molecule has 2 rings (SSSR count). The number of aliphatic hydroxyl groups is 1. The van der Waals surface area contributed by atoms with Gasteiger partial charge in [0.05, 0.1) is 13.2 Å². The molecule has 1 atom stereocenters. The predicted molar refractivity (Wildman–Crippen MR) is 67.4 cm³/mol. The summed E-state index contributed by atoms with van der Waals surface area (Å²) in [4.78, 5) is 4.10. The van der Waals surface area contributed by atoms with Crippen molar-refractivity contribution < 1.29 is 9.84 Å². The van der Waals surface area contributed by atoms with Crippen LogP contribution >= 0.6 is 0 Å². The molecule has 18 heavy (non-hydrogen) atoms. The average molecular weight is 247 g/mol. The first kappa shape index (κ1) is 12.6. The van der Waals surface area contributed by atoms with E-state index >= 15 is 0 Å². The molecule has 0 amide bonds. The van der Waals surface area contributed by atoms with Crippen molar-refractivity contribution in [2.75, 3.05) is 7.11 Å². The van der Waals surface area contributed by atoms with Gasteiger partial charge in [0.2, 0.25) is 0 Å². The van der Waals surface area contributed by atoms with Gasteiger partial charge in [-0.05, 0) is 24.1 Å². The van der Waals surface area contributed by atoms with E-state index in [0.717, 1.165) is 17.1 Å². The summed E-state index contributed by atoms with van der Waals surface area (Å²) in [6, 6.07) is 7.70. The smallest absolute Gasteiger partial charge is 0.138 e. The van der Waals surface area contributed by atoms with Crippen molar-refractivity contribution in [1.82, 2.24) is 14.8 Å². The van der Waals surface area contributed by atoms with Gasteiger partial charge in [-0.15, -0.1) is 0 Å². The summed E-state index contributed by atoms with van der Waals surface area (Å²) < 4.78 is 6.77. The number of nitrogens with zero attached hydrogens (tertiary/aromatic N) is 3. The Bertz CT molecular complexity index is 493. The fraction of sp³-hybridized carbons (Fsp3) is 0.385. The molecule has 1 heterocycles. The number of methoxy groups -OCH3 is 1. The Morgan fingerprint density at radius 3 is 2.56 bits per heavy atom. The Labute approximate surface area is 106 Å². The van der Waals surface area contributed by atoms with Crippen LogP contribution in [0, 0.1) is 0 Å². The molecule has 1 aromatic carbocycles. The minimum atomic E-state index is -0.457. The van der Waals surface area contributed by atoms with E-state index in [2.05, 4.69) is 10.1 Å². The number of aliphatic hydroxyl groups excluding tert-OH is 1. The molecule has 0 radical (unpaired) electrons. The summed E-state index contributed by atoms with van der Waals surface area (Å²) in [6.45, 7) is 0. The molecular weight excluding hydrogens is 230 g/mol. The van der Waals surface area contributed by atoms with Gasteiger partial charge in [-0.3, -0.25) is 4.68 Å². The Balaban J connectivity index is 1.94. The lowest BCUT2D eigenvalue weighted by Crippen LogP contribution is -2.16. The van der Waals surface area contributed by atoms with Crippen LogP contribution in [-0.4, -0.2) is 33.1 Å². The first-order valence-corrected chi connectivity index (χ1v) is 5.83. The third-order valence-corrected chi connectivity index (χ3v) is 2.85. The van der Waals surface area contributed by atoms with Crippen molar-refractivity contribution in [1.29, 1.82) is 0 Å². The molecule has 1 aromatic heterocycles. The molecule has 1 unspecified atom stereocenters. The molecule has 0 aliphatic carbocycles. The maximum atomic E-state index is 10.0. The van der Waals surface area contributed by atoms with Gasteiger partial charge in [0.25, 0.3) is 0 Å². The number of hydrogen-bond donors (Lipinski definition) is 1. The van der Waals surface area contributed by atoms with Crippen LogP contribution in [0.3, 0.4) is 0 Å². The van der Waals surface area contributed by atoms with Crippen molar-refractivity contribution in [3.8, 4) is 5.75 Å². The first-order valence-electron chi connectivity index (χ1n) is 5.83. The van der Waals surface area contributed by atoms with Gasteiger partial charge in [-0.25, -0.2) is 4.98 Å². The van der Waals surface area contributed by atoms with Crippen LogP contribution in [0.25, 0.3) is 0 Å². The van der Waals surface area contributed by atoms with E-state index in [4.69, 9.17) is 4.74 Å². The standard InChI is InChI=1S/C13H17N3O2/c1-16-13(14-9-15-16)8-11(17)7-10-3-5-12(18-2)6-4-10/h3-6,9,11,17H,7-8H2,1-2H3. The maximum Gasteiger partial charge on any atom is 0.138 e. The van der Waals surface area contributed by atoms with Crippen LogP contribution < -0.4 is 4.74 Å². The van der Waals surface area contributed by atoms with Crippen molar-refractivity contribution in [2.24, 2.45) is 7.05 Å². The maximum absolute atomic E-state index is 10.0. The monoisotopic (exact) mass is 247 g/mol. The van der Waals surface area contributed by atoms with Crippen molar-refractivity contribution in [3.05, 3.63) is 42.0 Å². The van der Waals surface area contributed by atoms with E-state index in [9.17, 15) is 5.11 Å². The second kappa shape index (κ2) is 5.64. The third-order valence-electron chi connectivity index (χ3n) is 2.85. The zero-order valence-electron chi connectivity index (χ0n) is 10.6. The highest BCUT2D eigenvalue weighted by Crippen LogP contribution is 2.13. The van der Waals surface area contributed by atoms with Gasteiger partial charge >= 0.3 is 0 Å². The minimum Gasteiger partial charge on any atom is -0.497 e. The van der Waals surface area contributed by atoms with Gasteiger partial charge in [-0.2, -0.15) is 5.10 Å². The zero-order valence-corrected chi connectivity index (χ0v) is 10.6. The molecule has 0 spiro atoms. The summed E-state index contributed by atoms with van der Waals surface area (Å²) in [5.74, 6) is 1.61. The van der Waals surface area contributed by atoms with Gasteiger partial charge in [-0.1, -0.05) is 12.1 Å². The lowest BCUT2D eigenvalue weighted by molar-refractivity contribution is 0.171. The summed E-state index contributed by atoms with van der Waals surface area (Å²) in [5, 5.41) is 14.0. The molecule has 0 fully saturated rings. The third kappa shape index (κ3) is 3.07. The number of hydrogen-bond acceptors (Lipinski definition) is 4. The number of rotatable bonds is 5. The van der Waals surface area contributed by atoms with Gasteiger partial charge in [0, 0.05) is 13.5 Å². The molecule has 5 nitrogen and oxygen atoms in total. The van der Waals surface area contributed by atoms with Crippen LogP contribution in [0.5, 0.6) is 5.75 Å². The van der Waals surface area contributed by atoms with Crippen LogP contribution in [0.1, 0.15) is 11.4 Å². The molecule has 1 N–H and O–H groups in total. The second-order valence-electron chi connectivity index (χ2n) is 4.21. The lowest BCUT2D eigenvalue weighted by atomic mass is 10.1. The largest absolute Gasteiger partial charge is 0.497 e. The summed E-state index contributed by atoms with van der Waals surface area (Å²) in [7, 11) is 3.46. The van der Waals surface area contributed by atoms with Crippen molar-refractivity contribution in [2.45, 2.75) is 18.9 Å². The number of aromatic nitrogens is 3. The van der Waals surface area contributed by atoms with Gasteiger partial charge in [0.15, 0.2) is 0 Å². The first-order chi connectivity index (χ1) is 8.69. The van der Waals surface area contributed by atoms with Crippen LogP contribution in [0.2, 0.25) is 0 Å². The Morgan fingerprint density at radius 1 is 1.28 bits per heavy atom. The minimum absolute atomic E-state index is 0.457. The molecule has 5 heteroatoms. The number of benzene rings is 1. The fourth-order valence-corrected chi connectivity index (χ4v) is 1.82. The summed E-state index contributed by atoms with van der Waals surface area (Å²) >= 11 is 0. The molecule has 0 saturated heterocycles. The SMILES string of the molecule is COc1ccc(CC(O)Cc2ncnn2C)cc1. The van der Waals surface area contributed by atoms with E-state index in [0.29, 0.717) is 12.8 Å². The molecule has 96 valence electrons. The molecule has 0 saturated carbocycles. The quantitative estimate of drug-likeness (QED) is 0.855. The van der Waals surface area contributed by atoms with Gasteiger partial charge in [0.1, 0.15) is 17.9 Å². The molecule has 0 aliphatic heterocycles. The Kier molecular flexibility index (Phi) is 3.94. The highest BCUT2D eigenvalue weighted by molar-refractivity contribution is 5.27. The van der Waals surface area contributed by atoms with E-state index in [1.54, 1.807) is 11.8 Å². The normalized spacial score (nSPS) is 12.4. The van der Waals surface area contributed by atoms with Crippen molar-refractivity contribution >= 4 is 0 Å².